The molecule has 25 heavy (non-hydrogen) atoms. The van der Waals surface area contributed by atoms with Crippen LogP contribution in [0.25, 0.3) is 0 Å². The van der Waals surface area contributed by atoms with Crippen molar-refractivity contribution in [2.45, 2.75) is 24.7 Å². The van der Waals surface area contributed by atoms with Crippen molar-refractivity contribution in [1.29, 1.82) is 0 Å². The Morgan fingerprint density at radius 3 is 2.44 bits per heavy atom. The van der Waals surface area contributed by atoms with Gasteiger partial charge in [0.25, 0.3) is 0 Å². The summed E-state index contributed by atoms with van der Waals surface area (Å²) in [6.07, 6.45) is 3.92. The van der Waals surface area contributed by atoms with Crippen molar-refractivity contribution < 1.29 is 13.2 Å². The summed E-state index contributed by atoms with van der Waals surface area (Å²) >= 11 is 0. The molecule has 0 spiro atoms. The lowest BCUT2D eigenvalue weighted by Gasteiger charge is -2.30. The molecule has 1 fully saturated rings. The number of aromatic nitrogens is 1. The van der Waals surface area contributed by atoms with Gasteiger partial charge in [0.1, 0.15) is 4.90 Å². The molecule has 2 aromatic rings. The number of anilines is 1. The number of amides is 1. The number of nitrogens with one attached hydrogen (secondary N) is 1. The Balaban J connectivity index is 1.60. The number of pyridine rings is 1. The number of hydrogen-bond acceptors (Lipinski definition) is 4. The summed E-state index contributed by atoms with van der Waals surface area (Å²) in [4.78, 5) is 16.5. The zero-order valence-electron chi connectivity index (χ0n) is 14.1. The third-order valence-electron chi connectivity index (χ3n) is 4.42. The molecule has 0 saturated carbocycles. The van der Waals surface area contributed by atoms with Gasteiger partial charge in [0.05, 0.1) is 0 Å². The Bertz CT molecular complexity index is 828. The van der Waals surface area contributed by atoms with Crippen LogP contribution in [0.3, 0.4) is 0 Å². The minimum Gasteiger partial charge on any atom is -0.326 e. The molecule has 1 amide bonds. The van der Waals surface area contributed by atoms with E-state index in [0.717, 1.165) is 11.3 Å². The lowest BCUT2D eigenvalue weighted by molar-refractivity contribution is -0.120. The molecule has 3 rings (SSSR count). The Morgan fingerprint density at radius 2 is 1.84 bits per heavy atom. The van der Waals surface area contributed by atoms with Crippen molar-refractivity contribution in [3.63, 3.8) is 0 Å². The van der Waals surface area contributed by atoms with Crippen molar-refractivity contribution in [2.24, 2.45) is 5.92 Å². The number of sulfonamides is 1. The van der Waals surface area contributed by atoms with Crippen molar-refractivity contribution in [1.82, 2.24) is 9.29 Å². The fourth-order valence-corrected chi connectivity index (χ4v) is 4.32. The highest BCUT2D eigenvalue weighted by atomic mass is 32.2. The molecule has 132 valence electrons. The van der Waals surface area contributed by atoms with Gasteiger partial charge in [-0.3, -0.25) is 9.78 Å². The number of rotatable bonds is 4. The maximum absolute atomic E-state index is 12.6. The van der Waals surface area contributed by atoms with Gasteiger partial charge >= 0.3 is 0 Å². The van der Waals surface area contributed by atoms with Gasteiger partial charge in [-0.15, -0.1) is 0 Å². The SMILES string of the molecule is Cc1ccc(NC(=O)C2CCN(S(=O)(=O)c3cccnc3)CC2)cc1. The molecular weight excluding hydrogens is 338 g/mol. The summed E-state index contributed by atoms with van der Waals surface area (Å²) in [6.45, 7) is 2.66. The molecule has 1 aromatic heterocycles. The highest BCUT2D eigenvalue weighted by Gasteiger charge is 2.32. The Morgan fingerprint density at radius 1 is 1.16 bits per heavy atom. The average molecular weight is 359 g/mol. The summed E-state index contributed by atoms with van der Waals surface area (Å²) in [5.41, 5.74) is 1.90. The van der Waals surface area contributed by atoms with Crippen LogP contribution < -0.4 is 5.32 Å². The maximum Gasteiger partial charge on any atom is 0.244 e. The molecule has 1 N–H and O–H groups in total. The Kier molecular flexibility index (Phi) is 5.15. The smallest absolute Gasteiger partial charge is 0.244 e. The molecule has 7 heteroatoms. The van der Waals surface area contributed by atoms with Gasteiger partial charge in [-0.2, -0.15) is 4.31 Å². The molecule has 1 saturated heterocycles. The molecular formula is C18H21N3O3S. The summed E-state index contributed by atoms with van der Waals surface area (Å²) < 4.78 is 26.6. The summed E-state index contributed by atoms with van der Waals surface area (Å²) in [6, 6.07) is 10.8. The first kappa shape index (κ1) is 17.6. The van der Waals surface area contributed by atoms with Crippen LogP contribution in [-0.4, -0.2) is 36.7 Å². The first-order chi connectivity index (χ1) is 12.0. The van der Waals surface area contributed by atoms with Crippen molar-refractivity contribution >= 4 is 21.6 Å². The largest absolute Gasteiger partial charge is 0.326 e. The molecule has 0 radical (unpaired) electrons. The predicted octanol–water partition coefficient (Wildman–Crippen LogP) is 2.43. The summed E-state index contributed by atoms with van der Waals surface area (Å²) in [5.74, 6) is -0.232. The molecule has 2 heterocycles. The molecule has 0 aliphatic carbocycles. The van der Waals surface area contributed by atoms with Crippen LogP contribution in [0.4, 0.5) is 5.69 Å². The number of piperidine rings is 1. The van der Waals surface area contributed by atoms with E-state index in [1.54, 1.807) is 18.3 Å². The number of carbonyl (C=O) groups excluding carboxylic acids is 1. The van der Waals surface area contributed by atoms with E-state index in [4.69, 9.17) is 0 Å². The molecule has 6 nitrogen and oxygen atoms in total. The van der Waals surface area contributed by atoms with Crippen LogP contribution >= 0.6 is 0 Å². The average Bonchev–Trinajstić information content (AvgIpc) is 2.64. The quantitative estimate of drug-likeness (QED) is 0.909. The minimum absolute atomic E-state index is 0.0534. The molecule has 1 aliphatic rings. The van der Waals surface area contributed by atoms with E-state index in [9.17, 15) is 13.2 Å². The third kappa shape index (κ3) is 4.05. The van der Waals surface area contributed by atoms with Gasteiger partial charge in [-0.25, -0.2) is 8.42 Å². The van der Waals surface area contributed by atoms with Gasteiger partial charge < -0.3 is 5.32 Å². The van der Waals surface area contributed by atoms with E-state index in [2.05, 4.69) is 10.3 Å². The first-order valence-electron chi connectivity index (χ1n) is 8.24. The lowest BCUT2D eigenvalue weighted by atomic mass is 9.97. The minimum atomic E-state index is -3.54. The van der Waals surface area contributed by atoms with Crippen molar-refractivity contribution in [3.8, 4) is 0 Å². The van der Waals surface area contributed by atoms with Crippen LogP contribution in [0.5, 0.6) is 0 Å². The fraction of sp³-hybridized carbons (Fsp3) is 0.333. The molecule has 1 aromatic carbocycles. The first-order valence-corrected chi connectivity index (χ1v) is 9.68. The van der Waals surface area contributed by atoms with Crippen LogP contribution in [-0.2, 0) is 14.8 Å². The number of aryl methyl sites for hydroxylation is 1. The second-order valence-corrected chi connectivity index (χ2v) is 8.16. The van der Waals surface area contributed by atoms with Crippen molar-refractivity contribution in [3.05, 3.63) is 54.4 Å². The normalized spacial score (nSPS) is 16.5. The monoisotopic (exact) mass is 359 g/mol. The summed E-state index contributed by atoms with van der Waals surface area (Å²) in [7, 11) is -3.54. The van der Waals surface area contributed by atoms with E-state index in [-0.39, 0.29) is 16.7 Å². The fourth-order valence-electron chi connectivity index (χ4n) is 2.89. The lowest BCUT2D eigenvalue weighted by Crippen LogP contribution is -2.41. The van der Waals surface area contributed by atoms with E-state index in [1.807, 2.05) is 31.2 Å². The maximum atomic E-state index is 12.6. The predicted molar refractivity (Wildman–Crippen MR) is 95.5 cm³/mol. The van der Waals surface area contributed by atoms with Gasteiger partial charge in [-0.1, -0.05) is 17.7 Å². The summed E-state index contributed by atoms with van der Waals surface area (Å²) in [5, 5.41) is 2.91. The van der Waals surface area contributed by atoms with E-state index in [1.165, 1.54) is 10.5 Å². The molecule has 0 atom stereocenters. The van der Waals surface area contributed by atoms with Crippen molar-refractivity contribution in [2.75, 3.05) is 18.4 Å². The second-order valence-electron chi connectivity index (χ2n) is 6.22. The number of benzene rings is 1. The van der Waals surface area contributed by atoms with Crippen LogP contribution in [0, 0.1) is 12.8 Å². The highest BCUT2D eigenvalue weighted by molar-refractivity contribution is 7.89. The van der Waals surface area contributed by atoms with Crippen LogP contribution in [0.2, 0.25) is 0 Å². The third-order valence-corrected chi connectivity index (χ3v) is 6.30. The van der Waals surface area contributed by atoms with Crippen LogP contribution in [0.15, 0.2) is 53.7 Å². The zero-order valence-corrected chi connectivity index (χ0v) is 14.9. The van der Waals surface area contributed by atoms with E-state index < -0.39 is 10.0 Å². The van der Waals surface area contributed by atoms with Gasteiger partial charge in [-0.05, 0) is 44.0 Å². The van der Waals surface area contributed by atoms with Gasteiger partial charge in [0, 0.05) is 37.1 Å². The van der Waals surface area contributed by atoms with Crippen LogP contribution in [0.1, 0.15) is 18.4 Å². The number of carbonyl (C=O) groups is 1. The second kappa shape index (κ2) is 7.33. The molecule has 1 aliphatic heterocycles. The molecule has 0 unspecified atom stereocenters. The van der Waals surface area contributed by atoms with E-state index >= 15 is 0 Å². The van der Waals surface area contributed by atoms with Gasteiger partial charge in [0.2, 0.25) is 15.9 Å². The standard InChI is InChI=1S/C18H21N3O3S/c1-14-4-6-16(7-5-14)20-18(22)15-8-11-21(12-9-15)25(23,24)17-3-2-10-19-13-17/h2-7,10,13,15H,8-9,11-12H2,1H3,(H,20,22). The molecule has 0 bridgehead atoms. The van der Waals surface area contributed by atoms with E-state index in [0.29, 0.717) is 25.9 Å². The zero-order chi connectivity index (χ0) is 17.9. The highest BCUT2D eigenvalue weighted by Crippen LogP contribution is 2.24. The number of hydrogen-bond donors (Lipinski definition) is 1. The topological polar surface area (TPSA) is 79.4 Å². The van der Waals surface area contributed by atoms with Gasteiger partial charge in [0.15, 0.2) is 0 Å². The Labute approximate surface area is 147 Å². The number of nitrogens with zero attached hydrogens (tertiary/aromatic N) is 2. The Hall–Kier alpha value is -2.25.